The SMILES string of the molecule is Cc1cc(N2CC(=O)N(C)C2=O)c2nc(COc3ccc4c(N5CC6(COC6)C5)ccnc4c3)cn2c1. The Balaban J connectivity index is 1.12. The number of carbonyl (C=O) groups excluding carboxylic acids is 2. The average Bonchev–Trinajstić information content (AvgIpc) is 3.36. The number of ether oxygens (including phenoxy) is 2. The number of nitrogens with zero attached hydrogens (tertiary/aromatic N) is 6. The normalized spacial score (nSPS) is 18.7. The van der Waals surface area contributed by atoms with Crippen LogP contribution in [0.15, 0.2) is 48.9 Å². The maximum atomic E-state index is 12.6. The summed E-state index contributed by atoms with van der Waals surface area (Å²) in [6.07, 6.45) is 5.68. The zero-order valence-corrected chi connectivity index (χ0v) is 20.7. The fraction of sp³-hybridized carbons (Fsp3) is 0.333. The molecule has 0 bridgehead atoms. The van der Waals surface area contributed by atoms with Crippen LogP contribution in [0.25, 0.3) is 16.6 Å². The molecule has 0 N–H and O–H groups in total. The third-order valence-electron chi connectivity index (χ3n) is 7.48. The highest BCUT2D eigenvalue weighted by molar-refractivity contribution is 6.13. The fourth-order valence-electron chi connectivity index (χ4n) is 5.46. The van der Waals surface area contributed by atoms with Crippen LogP contribution in [0.1, 0.15) is 11.3 Å². The average molecular weight is 499 g/mol. The molecule has 0 aliphatic carbocycles. The number of likely N-dealkylation sites (N-methyl/N-ethyl adjacent to an activating group) is 1. The molecular formula is C27H26N6O4. The Morgan fingerprint density at radius 1 is 1.08 bits per heavy atom. The number of aromatic nitrogens is 3. The van der Waals surface area contributed by atoms with Crippen LogP contribution in [-0.4, -0.2) is 71.1 Å². The second-order valence-electron chi connectivity index (χ2n) is 10.3. The van der Waals surface area contributed by atoms with Gasteiger partial charge in [-0.2, -0.15) is 0 Å². The summed E-state index contributed by atoms with van der Waals surface area (Å²) in [6, 6.07) is 9.58. The van der Waals surface area contributed by atoms with E-state index in [9.17, 15) is 9.59 Å². The number of imidazole rings is 1. The number of aryl methyl sites for hydroxylation is 1. The van der Waals surface area contributed by atoms with Crippen molar-refractivity contribution in [2.75, 3.05) is 49.7 Å². The van der Waals surface area contributed by atoms with E-state index in [1.54, 1.807) is 0 Å². The van der Waals surface area contributed by atoms with E-state index in [-0.39, 0.29) is 25.1 Å². The molecule has 0 radical (unpaired) electrons. The van der Waals surface area contributed by atoms with E-state index in [1.165, 1.54) is 17.6 Å². The fourth-order valence-corrected chi connectivity index (χ4v) is 5.46. The minimum atomic E-state index is -0.351. The Kier molecular flexibility index (Phi) is 4.71. The van der Waals surface area contributed by atoms with Crippen LogP contribution in [0, 0.1) is 12.3 Å². The molecule has 10 heteroatoms. The van der Waals surface area contributed by atoms with E-state index in [4.69, 9.17) is 14.5 Å². The van der Waals surface area contributed by atoms with Crippen molar-refractivity contribution in [2.45, 2.75) is 13.5 Å². The number of imide groups is 1. The predicted octanol–water partition coefficient (Wildman–Crippen LogP) is 3.00. The summed E-state index contributed by atoms with van der Waals surface area (Å²) >= 11 is 0. The largest absolute Gasteiger partial charge is 0.487 e. The van der Waals surface area contributed by atoms with Crippen molar-refractivity contribution in [3.05, 3.63) is 60.2 Å². The van der Waals surface area contributed by atoms with E-state index in [0.29, 0.717) is 28.2 Å². The first-order chi connectivity index (χ1) is 17.9. The molecule has 188 valence electrons. The van der Waals surface area contributed by atoms with Crippen molar-refractivity contribution in [3.63, 3.8) is 0 Å². The topological polar surface area (TPSA) is 92.5 Å². The van der Waals surface area contributed by atoms with E-state index < -0.39 is 0 Å². The number of amides is 3. The molecule has 3 amide bonds. The van der Waals surface area contributed by atoms with Gasteiger partial charge in [-0.3, -0.25) is 19.6 Å². The molecule has 3 fully saturated rings. The highest BCUT2D eigenvalue weighted by Gasteiger charge is 2.49. The molecule has 10 nitrogen and oxygen atoms in total. The number of pyridine rings is 2. The first kappa shape index (κ1) is 22.1. The smallest absolute Gasteiger partial charge is 0.331 e. The molecule has 4 aromatic rings. The Hall–Kier alpha value is -4.18. The van der Waals surface area contributed by atoms with Gasteiger partial charge in [-0.05, 0) is 36.8 Å². The van der Waals surface area contributed by atoms with Crippen LogP contribution < -0.4 is 14.5 Å². The number of carbonyl (C=O) groups is 2. The van der Waals surface area contributed by atoms with Gasteiger partial charge in [-0.1, -0.05) is 0 Å². The molecule has 3 aliphatic heterocycles. The molecule has 7 rings (SSSR count). The van der Waals surface area contributed by atoms with Gasteiger partial charge in [-0.25, -0.2) is 9.78 Å². The molecule has 1 spiro atoms. The minimum Gasteiger partial charge on any atom is -0.487 e. The quantitative estimate of drug-likeness (QED) is 0.391. The lowest BCUT2D eigenvalue weighted by atomic mass is 9.77. The molecule has 0 saturated carbocycles. The number of rotatable bonds is 5. The van der Waals surface area contributed by atoms with Crippen molar-refractivity contribution in [1.29, 1.82) is 0 Å². The highest BCUT2D eigenvalue weighted by atomic mass is 16.5. The molecule has 0 unspecified atom stereocenters. The van der Waals surface area contributed by atoms with Crippen molar-refractivity contribution in [3.8, 4) is 5.75 Å². The van der Waals surface area contributed by atoms with Crippen LogP contribution in [0.4, 0.5) is 16.2 Å². The third-order valence-corrected chi connectivity index (χ3v) is 7.48. The minimum absolute atomic E-state index is 0.00537. The first-order valence-electron chi connectivity index (χ1n) is 12.3. The van der Waals surface area contributed by atoms with Gasteiger partial charge < -0.3 is 18.8 Å². The van der Waals surface area contributed by atoms with Gasteiger partial charge in [-0.15, -0.1) is 0 Å². The second-order valence-corrected chi connectivity index (χ2v) is 10.3. The molecule has 1 aromatic carbocycles. The van der Waals surface area contributed by atoms with Crippen molar-refractivity contribution in [2.24, 2.45) is 5.41 Å². The number of fused-ring (bicyclic) bond motifs is 2. The van der Waals surface area contributed by atoms with Crippen molar-refractivity contribution >= 4 is 39.9 Å². The lowest BCUT2D eigenvalue weighted by Crippen LogP contribution is -2.66. The van der Waals surface area contributed by atoms with Crippen LogP contribution >= 0.6 is 0 Å². The maximum Gasteiger partial charge on any atom is 0.331 e. The number of hydrogen-bond donors (Lipinski definition) is 0. The van der Waals surface area contributed by atoms with Crippen LogP contribution in [0.2, 0.25) is 0 Å². The first-order valence-corrected chi connectivity index (χ1v) is 12.3. The number of benzene rings is 1. The highest BCUT2D eigenvalue weighted by Crippen LogP contribution is 2.42. The lowest BCUT2D eigenvalue weighted by molar-refractivity contribution is -0.126. The summed E-state index contributed by atoms with van der Waals surface area (Å²) in [5.74, 6) is 0.471. The van der Waals surface area contributed by atoms with Gasteiger partial charge in [0, 0.05) is 55.9 Å². The van der Waals surface area contributed by atoms with Crippen molar-refractivity contribution < 1.29 is 19.1 Å². The Bertz CT molecular complexity index is 1580. The summed E-state index contributed by atoms with van der Waals surface area (Å²) in [5.41, 5.74) is 5.31. The number of hydrogen-bond acceptors (Lipinski definition) is 7. The predicted molar refractivity (Wildman–Crippen MR) is 137 cm³/mol. The Morgan fingerprint density at radius 2 is 1.92 bits per heavy atom. The van der Waals surface area contributed by atoms with Gasteiger partial charge in [0.05, 0.1) is 35.5 Å². The standard InChI is InChI=1S/C27H26N6O4/c1-17-7-23(33-11-24(34)30(2)26(33)35)25-29-18(10-31(25)9-17)12-37-19-3-4-20-21(8-19)28-6-5-22(20)32-13-27(14-32)15-36-16-27/h3-10H,11-16H2,1-2H3. The van der Waals surface area contributed by atoms with E-state index in [1.807, 2.05) is 48.1 Å². The van der Waals surface area contributed by atoms with E-state index in [2.05, 4.69) is 22.0 Å². The molecule has 0 atom stereocenters. The molecule has 6 heterocycles. The molecule has 37 heavy (non-hydrogen) atoms. The van der Waals surface area contributed by atoms with Gasteiger partial charge in [0.15, 0.2) is 5.65 Å². The van der Waals surface area contributed by atoms with E-state index >= 15 is 0 Å². The number of urea groups is 1. The lowest BCUT2D eigenvalue weighted by Gasteiger charge is -2.56. The zero-order chi connectivity index (χ0) is 25.3. The second kappa shape index (κ2) is 7.91. The third kappa shape index (κ3) is 3.51. The zero-order valence-electron chi connectivity index (χ0n) is 20.7. The monoisotopic (exact) mass is 498 g/mol. The van der Waals surface area contributed by atoms with Crippen LogP contribution in [0.5, 0.6) is 5.75 Å². The van der Waals surface area contributed by atoms with Crippen molar-refractivity contribution in [1.82, 2.24) is 19.3 Å². The van der Waals surface area contributed by atoms with Gasteiger partial charge >= 0.3 is 6.03 Å². The number of anilines is 2. The Morgan fingerprint density at radius 3 is 2.65 bits per heavy atom. The van der Waals surface area contributed by atoms with Gasteiger partial charge in [0.1, 0.15) is 18.9 Å². The Labute approximate surface area is 213 Å². The molecule has 3 aromatic heterocycles. The summed E-state index contributed by atoms with van der Waals surface area (Å²) < 4.78 is 13.4. The summed E-state index contributed by atoms with van der Waals surface area (Å²) in [4.78, 5) is 38.9. The molecule has 3 saturated heterocycles. The molecule has 3 aliphatic rings. The van der Waals surface area contributed by atoms with E-state index in [0.717, 1.165) is 47.7 Å². The van der Waals surface area contributed by atoms with Crippen LogP contribution in [0.3, 0.4) is 0 Å². The summed E-state index contributed by atoms with van der Waals surface area (Å²) in [7, 11) is 1.49. The van der Waals surface area contributed by atoms with Crippen LogP contribution in [-0.2, 0) is 16.1 Å². The van der Waals surface area contributed by atoms with Gasteiger partial charge in [0.2, 0.25) is 5.91 Å². The summed E-state index contributed by atoms with van der Waals surface area (Å²) in [6.45, 7) is 5.97. The maximum absolute atomic E-state index is 12.6. The summed E-state index contributed by atoms with van der Waals surface area (Å²) in [5, 5.41) is 1.10. The molecular weight excluding hydrogens is 472 g/mol. The van der Waals surface area contributed by atoms with Gasteiger partial charge in [0.25, 0.3) is 0 Å².